The minimum absolute atomic E-state index is 0.0148. The van der Waals surface area contributed by atoms with Crippen LogP contribution in [0, 0.1) is 0 Å². The number of benzene rings is 2. The summed E-state index contributed by atoms with van der Waals surface area (Å²) in [5, 5.41) is 5.15. The summed E-state index contributed by atoms with van der Waals surface area (Å²) in [4.78, 5) is 0. The number of hydrogen-bond donors (Lipinski definition) is 1. The summed E-state index contributed by atoms with van der Waals surface area (Å²) in [6, 6.07) is 11.3. The molecule has 0 heterocycles. The summed E-state index contributed by atoms with van der Waals surface area (Å²) in [7, 11) is 0. The first-order valence-corrected chi connectivity index (χ1v) is 7.58. The summed E-state index contributed by atoms with van der Waals surface area (Å²) in [6.45, 7) is 2.02. The first kappa shape index (κ1) is 15.0. The lowest BCUT2D eigenvalue weighted by atomic mass is 10.1. The summed E-state index contributed by atoms with van der Waals surface area (Å²) >= 11 is 21.8. The predicted molar refractivity (Wildman–Crippen MR) is 87.7 cm³/mol. The molecule has 2 aromatic carbocycles. The van der Waals surface area contributed by atoms with Gasteiger partial charge in [0.05, 0.1) is 31.3 Å². The highest BCUT2D eigenvalue weighted by Crippen LogP contribution is 2.35. The fraction of sp³-hybridized carbons (Fsp3) is 0.143. The van der Waals surface area contributed by atoms with Gasteiger partial charge in [0.1, 0.15) is 0 Å². The van der Waals surface area contributed by atoms with E-state index in [4.69, 9.17) is 34.8 Å². The van der Waals surface area contributed by atoms with E-state index in [0.717, 1.165) is 15.7 Å². The molecule has 0 amide bonds. The molecule has 0 saturated heterocycles. The van der Waals surface area contributed by atoms with Gasteiger partial charge in [-0.25, -0.2) is 0 Å². The molecule has 0 aromatic heterocycles. The highest BCUT2D eigenvalue weighted by Gasteiger charge is 2.13. The van der Waals surface area contributed by atoms with Crippen LogP contribution in [0.2, 0.25) is 15.1 Å². The molecule has 1 nitrogen and oxygen atoms in total. The molecule has 0 radical (unpaired) electrons. The maximum atomic E-state index is 6.22. The van der Waals surface area contributed by atoms with E-state index in [-0.39, 0.29) is 6.04 Å². The zero-order valence-corrected chi connectivity index (χ0v) is 13.9. The Morgan fingerprint density at radius 1 is 1.00 bits per heavy atom. The second-order valence-corrected chi connectivity index (χ2v) is 6.10. The highest BCUT2D eigenvalue weighted by molar-refractivity contribution is 9.10. The Labute approximate surface area is 136 Å². The second kappa shape index (κ2) is 6.36. The molecule has 2 aromatic rings. The number of nitrogens with one attached hydrogen (secondary N) is 1. The average molecular weight is 380 g/mol. The van der Waals surface area contributed by atoms with Gasteiger partial charge in [-0.15, -0.1) is 0 Å². The van der Waals surface area contributed by atoms with Gasteiger partial charge in [0, 0.05) is 0 Å². The van der Waals surface area contributed by atoms with Gasteiger partial charge < -0.3 is 5.32 Å². The SMILES string of the molecule is CC(Nc1cccc(Cl)c1Br)c1cccc(Cl)c1Cl. The summed E-state index contributed by atoms with van der Waals surface area (Å²) in [6.07, 6.45) is 0. The molecule has 0 spiro atoms. The van der Waals surface area contributed by atoms with Gasteiger partial charge in [-0.05, 0) is 46.6 Å². The minimum atomic E-state index is 0.0148. The zero-order valence-electron chi connectivity index (χ0n) is 10.1. The monoisotopic (exact) mass is 377 g/mol. The maximum absolute atomic E-state index is 6.22. The van der Waals surface area contributed by atoms with Crippen molar-refractivity contribution in [1.29, 1.82) is 0 Å². The fourth-order valence-corrected chi connectivity index (χ4v) is 2.81. The van der Waals surface area contributed by atoms with E-state index in [1.807, 2.05) is 37.3 Å². The third kappa shape index (κ3) is 3.38. The van der Waals surface area contributed by atoms with E-state index in [0.29, 0.717) is 15.1 Å². The topological polar surface area (TPSA) is 12.0 Å². The molecule has 2 rings (SSSR count). The minimum Gasteiger partial charge on any atom is -0.378 e. The van der Waals surface area contributed by atoms with Crippen molar-refractivity contribution in [3.8, 4) is 0 Å². The van der Waals surface area contributed by atoms with Crippen LogP contribution in [0.4, 0.5) is 5.69 Å². The maximum Gasteiger partial charge on any atom is 0.0644 e. The van der Waals surface area contributed by atoms with E-state index >= 15 is 0 Å². The van der Waals surface area contributed by atoms with Gasteiger partial charge >= 0.3 is 0 Å². The number of anilines is 1. The molecule has 0 bridgehead atoms. The number of halogens is 4. The van der Waals surface area contributed by atoms with Crippen molar-refractivity contribution >= 4 is 56.4 Å². The first-order chi connectivity index (χ1) is 9.00. The highest BCUT2D eigenvalue weighted by atomic mass is 79.9. The second-order valence-electron chi connectivity index (χ2n) is 4.11. The molecule has 0 aliphatic heterocycles. The van der Waals surface area contributed by atoms with Crippen LogP contribution in [0.15, 0.2) is 40.9 Å². The van der Waals surface area contributed by atoms with Crippen molar-refractivity contribution < 1.29 is 0 Å². The third-order valence-corrected chi connectivity index (χ3v) is 5.00. The number of hydrogen-bond acceptors (Lipinski definition) is 1. The zero-order chi connectivity index (χ0) is 14.0. The summed E-state index contributed by atoms with van der Waals surface area (Å²) in [5.41, 5.74) is 1.86. The van der Waals surface area contributed by atoms with Crippen LogP contribution in [0.25, 0.3) is 0 Å². The average Bonchev–Trinajstić information content (AvgIpc) is 2.38. The van der Waals surface area contributed by atoms with E-state index < -0.39 is 0 Å². The molecular formula is C14H11BrCl3N. The van der Waals surface area contributed by atoms with Gasteiger partial charge in [0.15, 0.2) is 0 Å². The first-order valence-electron chi connectivity index (χ1n) is 5.65. The molecule has 0 saturated carbocycles. The van der Waals surface area contributed by atoms with Gasteiger partial charge in [-0.2, -0.15) is 0 Å². The lowest BCUT2D eigenvalue weighted by Gasteiger charge is -2.19. The summed E-state index contributed by atoms with van der Waals surface area (Å²) < 4.78 is 0.835. The van der Waals surface area contributed by atoms with Crippen LogP contribution in [0.1, 0.15) is 18.5 Å². The molecule has 19 heavy (non-hydrogen) atoms. The molecule has 1 N–H and O–H groups in total. The Hall–Kier alpha value is -0.410. The van der Waals surface area contributed by atoms with Gasteiger partial charge in [0.25, 0.3) is 0 Å². The van der Waals surface area contributed by atoms with E-state index in [1.165, 1.54) is 0 Å². The van der Waals surface area contributed by atoms with Gasteiger partial charge in [0.2, 0.25) is 0 Å². The molecule has 0 fully saturated rings. The van der Waals surface area contributed by atoms with E-state index in [1.54, 1.807) is 6.07 Å². The molecule has 1 unspecified atom stereocenters. The van der Waals surface area contributed by atoms with E-state index in [9.17, 15) is 0 Å². The Morgan fingerprint density at radius 3 is 2.37 bits per heavy atom. The lowest BCUT2D eigenvalue weighted by Crippen LogP contribution is -2.07. The molecule has 1 atom stereocenters. The predicted octanol–water partition coefficient (Wildman–Crippen LogP) is 6.58. The lowest BCUT2D eigenvalue weighted by molar-refractivity contribution is 0.884. The standard InChI is InChI=1S/C14H11BrCl3N/c1-8(9-4-2-6-11(17)14(9)18)19-12-7-3-5-10(16)13(12)15/h2-8,19H,1H3. The molecule has 0 aliphatic rings. The van der Waals surface area contributed by atoms with Crippen molar-refractivity contribution in [3.05, 3.63) is 61.5 Å². The number of rotatable bonds is 3. The van der Waals surface area contributed by atoms with Crippen molar-refractivity contribution in [2.45, 2.75) is 13.0 Å². The van der Waals surface area contributed by atoms with Crippen LogP contribution in [0.5, 0.6) is 0 Å². The fourth-order valence-electron chi connectivity index (χ4n) is 1.78. The van der Waals surface area contributed by atoms with Crippen molar-refractivity contribution in [3.63, 3.8) is 0 Å². The molecule has 100 valence electrons. The Balaban J connectivity index is 2.28. The van der Waals surface area contributed by atoms with Crippen LogP contribution >= 0.6 is 50.7 Å². The van der Waals surface area contributed by atoms with Crippen LogP contribution in [0.3, 0.4) is 0 Å². The third-order valence-electron chi connectivity index (χ3n) is 2.77. The van der Waals surface area contributed by atoms with Crippen molar-refractivity contribution in [1.82, 2.24) is 0 Å². The van der Waals surface area contributed by atoms with Crippen LogP contribution in [-0.2, 0) is 0 Å². The van der Waals surface area contributed by atoms with Crippen molar-refractivity contribution in [2.75, 3.05) is 5.32 Å². The van der Waals surface area contributed by atoms with E-state index in [2.05, 4.69) is 21.2 Å². The van der Waals surface area contributed by atoms with Crippen LogP contribution < -0.4 is 5.32 Å². The largest absolute Gasteiger partial charge is 0.378 e. The Kier molecular flexibility index (Phi) is 5.02. The normalized spacial score (nSPS) is 12.3. The summed E-state index contributed by atoms with van der Waals surface area (Å²) in [5.74, 6) is 0. The van der Waals surface area contributed by atoms with Crippen molar-refractivity contribution in [2.24, 2.45) is 0 Å². The smallest absolute Gasteiger partial charge is 0.0644 e. The molecule has 5 heteroatoms. The molecule has 0 aliphatic carbocycles. The Morgan fingerprint density at radius 2 is 1.63 bits per heavy atom. The Bertz CT molecular complexity index is 601. The molecular weight excluding hydrogens is 368 g/mol. The van der Waals surface area contributed by atoms with Gasteiger partial charge in [-0.3, -0.25) is 0 Å². The quantitative estimate of drug-likeness (QED) is 0.635. The van der Waals surface area contributed by atoms with Crippen LogP contribution in [-0.4, -0.2) is 0 Å². The van der Waals surface area contributed by atoms with Gasteiger partial charge in [-0.1, -0.05) is 53.0 Å².